The fourth-order valence-corrected chi connectivity index (χ4v) is 4.81. The molecule has 0 bridgehead atoms. The van der Waals surface area contributed by atoms with Crippen molar-refractivity contribution in [2.45, 2.75) is 52.3 Å². The van der Waals surface area contributed by atoms with Gasteiger partial charge in [-0.1, -0.05) is 56.3 Å². The lowest BCUT2D eigenvalue weighted by Crippen LogP contribution is -2.48. The highest BCUT2D eigenvalue weighted by Crippen LogP contribution is 2.27. The zero-order valence-corrected chi connectivity index (χ0v) is 21.5. The van der Waals surface area contributed by atoms with Gasteiger partial charge >= 0.3 is 0 Å². The van der Waals surface area contributed by atoms with E-state index in [4.69, 9.17) is 9.47 Å². The van der Waals surface area contributed by atoms with E-state index >= 15 is 0 Å². The van der Waals surface area contributed by atoms with E-state index in [0.29, 0.717) is 18.6 Å². The fourth-order valence-electron chi connectivity index (χ4n) is 4.81. The molecule has 4 nitrogen and oxygen atoms in total. The molecule has 0 saturated carbocycles. The van der Waals surface area contributed by atoms with Crippen LogP contribution in [0.2, 0.25) is 0 Å². The van der Waals surface area contributed by atoms with Crippen molar-refractivity contribution in [2.75, 3.05) is 31.6 Å². The maximum atomic E-state index is 6.03. The first-order chi connectivity index (χ1) is 17.1. The van der Waals surface area contributed by atoms with Crippen molar-refractivity contribution in [3.63, 3.8) is 0 Å². The minimum absolute atomic E-state index is 0.525. The Bertz CT molecular complexity index is 1000. The summed E-state index contributed by atoms with van der Waals surface area (Å²) in [4.78, 5) is 5.25. The molecule has 186 valence electrons. The van der Waals surface area contributed by atoms with Crippen molar-refractivity contribution >= 4 is 5.69 Å². The average molecular weight is 473 g/mol. The molecule has 1 aliphatic heterocycles. The summed E-state index contributed by atoms with van der Waals surface area (Å²) in [6, 6.07) is 28.1. The van der Waals surface area contributed by atoms with Crippen LogP contribution in [0.4, 0.5) is 5.69 Å². The maximum absolute atomic E-state index is 6.03. The molecular formula is C31H40N2O2. The third kappa shape index (κ3) is 7.50. The van der Waals surface area contributed by atoms with Gasteiger partial charge in [-0.2, -0.15) is 0 Å². The number of piperidine rings is 1. The van der Waals surface area contributed by atoms with Gasteiger partial charge in [0.05, 0.1) is 7.11 Å². The van der Waals surface area contributed by atoms with Crippen molar-refractivity contribution in [1.82, 2.24) is 4.90 Å². The van der Waals surface area contributed by atoms with E-state index < -0.39 is 0 Å². The number of ether oxygens (including phenoxy) is 2. The number of anilines is 1. The quantitative estimate of drug-likeness (QED) is 0.307. The van der Waals surface area contributed by atoms with E-state index in [2.05, 4.69) is 96.4 Å². The van der Waals surface area contributed by atoms with E-state index in [1.807, 2.05) is 6.07 Å². The van der Waals surface area contributed by atoms with Gasteiger partial charge < -0.3 is 14.4 Å². The smallest absolute Gasteiger partial charge is 0.119 e. The Labute approximate surface area is 211 Å². The highest BCUT2D eigenvalue weighted by atomic mass is 16.5. The summed E-state index contributed by atoms with van der Waals surface area (Å²) in [5, 5.41) is 0. The molecule has 1 heterocycles. The Morgan fingerprint density at radius 1 is 0.886 bits per heavy atom. The van der Waals surface area contributed by atoms with Crippen molar-refractivity contribution in [1.29, 1.82) is 0 Å². The molecule has 1 atom stereocenters. The van der Waals surface area contributed by atoms with E-state index in [1.165, 1.54) is 36.1 Å². The molecule has 3 aromatic carbocycles. The van der Waals surface area contributed by atoms with Crippen LogP contribution >= 0.6 is 0 Å². The zero-order chi connectivity index (χ0) is 24.5. The molecule has 0 radical (unpaired) electrons. The molecule has 0 aromatic heterocycles. The second-order valence-electron chi connectivity index (χ2n) is 10.0. The van der Waals surface area contributed by atoms with Crippen molar-refractivity contribution < 1.29 is 9.47 Å². The third-order valence-electron chi connectivity index (χ3n) is 6.85. The van der Waals surface area contributed by atoms with E-state index in [0.717, 1.165) is 37.7 Å². The van der Waals surface area contributed by atoms with Crippen LogP contribution in [0.3, 0.4) is 0 Å². The van der Waals surface area contributed by atoms with Crippen LogP contribution in [0.15, 0.2) is 78.9 Å². The summed E-state index contributed by atoms with van der Waals surface area (Å²) < 4.78 is 11.4. The summed E-state index contributed by atoms with van der Waals surface area (Å²) in [6.45, 7) is 9.56. The molecular weight excluding hydrogens is 432 g/mol. The minimum Gasteiger partial charge on any atom is -0.497 e. The van der Waals surface area contributed by atoms with Crippen molar-refractivity contribution in [3.8, 4) is 11.5 Å². The van der Waals surface area contributed by atoms with Crippen LogP contribution in [0, 0.1) is 5.92 Å². The van der Waals surface area contributed by atoms with Gasteiger partial charge in [-0.3, -0.25) is 4.90 Å². The average Bonchev–Trinajstić information content (AvgIpc) is 2.89. The molecule has 0 aliphatic carbocycles. The molecule has 0 amide bonds. The van der Waals surface area contributed by atoms with Crippen molar-refractivity contribution in [3.05, 3.63) is 90.0 Å². The molecule has 1 saturated heterocycles. The lowest BCUT2D eigenvalue weighted by Gasteiger charge is -2.41. The predicted molar refractivity (Wildman–Crippen MR) is 145 cm³/mol. The van der Waals surface area contributed by atoms with Gasteiger partial charge in [0, 0.05) is 31.4 Å². The molecule has 0 N–H and O–H groups in total. The molecule has 3 aromatic rings. The first kappa shape index (κ1) is 25.1. The van der Waals surface area contributed by atoms with Crippen molar-refractivity contribution in [2.24, 2.45) is 5.92 Å². The van der Waals surface area contributed by atoms with Gasteiger partial charge in [-0.15, -0.1) is 0 Å². The van der Waals surface area contributed by atoms with E-state index in [-0.39, 0.29) is 0 Å². The number of likely N-dealkylation sites (tertiary alicyclic amines) is 1. The summed E-state index contributed by atoms with van der Waals surface area (Å²) in [7, 11) is 1.72. The number of methoxy groups -OCH3 is 1. The second kappa shape index (κ2) is 12.6. The Morgan fingerprint density at radius 2 is 1.60 bits per heavy atom. The SMILES string of the molecule is COc1ccc(CN2CCCC(N(CCC(C)C)c3ccc(OCc4ccccc4)cc3)C2)cc1. The van der Waals surface area contributed by atoms with Crippen LogP contribution in [-0.4, -0.2) is 37.7 Å². The maximum Gasteiger partial charge on any atom is 0.119 e. The Hall–Kier alpha value is -2.98. The first-order valence-corrected chi connectivity index (χ1v) is 13.0. The van der Waals surface area contributed by atoms with Gasteiger partial charge in [-0.25, -0.2) is 0 Å². The highest BCUT2D eigenvalue weighted by molar-refractivity contribution is 5.50. The molecule has 4 heteroatoms. The fraction of sp³-hybridized carbons (Fsp3) is 0.419. The summed E-state index contributed by atoms with van der Waals surface area (Å²) in [6.07, 6.45) is 3.67. The van der Waals surface area contributed by atoms with Gasteiger partial charge in [0.1, 0.15) is 18.1 Å². The Kier molecular flexibility index (Phi) is 9.08. The molecule has 1 fully saturated rings. The standard InChI is InChI=1S/C31H40N2O2/c1-25(2)19-21-33(28-13-17-31(18-14-28)35-24-27-8-5-4-6-9-27)29-10-7-20-32(23-29)22-26-11-15-30(34-3)16-12-26/h4-6,8-9,11-18,25,29H,7,10,19-24H2,1-3H3. The lowest BCUT2D eigenvalue weighted by atomic mass is 10.0. The monoisotopic (exact) mass is 472 g/mol. The van der Waals surface area contributed by atoms with Gasteiger partial charge in [0.15, 0.2) is 0 Å². The normalized spacial score (nSPS) is 16.3. The van der Waals surface area contributed by atoms with Gasteiger partial charge in [-0.05, 0) is 79.3 Å². The Balaban J connectivity index is 1.41. The highest BCUT2D eigenvalue weighted by Gasteiger charge is 2.26. The van der Waals surface area contributed by atoms with Crippen LogP contribution in [0.25, 0.3) is 0 Å². The summed E-state index contributed by atoms with van der Waals surface area (Å²) >= 11 is 0. The van der Waals surface area contributed by atoms with E-state index in [1.54, 1.807) is 7.11 Å². The van der Waals surface area contributed by atoms with Crippen LogP contribution < -0.4 is 14.4 Å². The minimum atomic E-state index is 0.525. The number of hydrogen-bond acceptors (Lipinski definition) is 4. The second-order valence-corrected chi connectivity index (χ2v) is 10.0. The van der Waals surface area contributed by atoms with Crippen LogP contribution in [-0.2, 0) is 13.2 Å². The largest absolute Gasteiger partial charge is 0.497 e. The summed E-state index contributed by atoms with van der Waals surface area (Å²) in [5.41, 5.74) is 3.84. The lowest BCUT2D eigenvalue weighted by molar-refractivity contribution is 0.195. The Morgan fingerprint density at radius 3 is 2.29 bits per heavy atom. The number of nitrogens with zero attached hydrogens (tertiary/aromatic N) is 2. The molecule has 35 heavy (non-hydrogen) atoms. The third-order valence-corrected chi connectivity index (χ3v) is 6.85. The number of rotatable bonds is 11. The predicted octanol–water partition coefficient (Wildman–Crippen LogP) is 6.79. The molecule has 1 unspecified atom stereocenters. The topological polar surface area (TPSA) is 24.9 Å². The first-order valence-electron chi connectivity index (χ1n) is 13.0. The zero-order valence-electron chi connectivity index (χ0n) is 21.5. The van der Waals surface area contributed by atoms with Crippen LogP contribution in [0.5, 0.6) is 11.5 Å². The molecule has 4 rings (SSSR count). The van der Waals surface area contributed by atoms with Gasteiger partial charge in [0.25, 0.3) is 0 Å². The number of hydrogen-bond donors (Lipinski definition) is 0. The van der Waals surface area contributed by atoms with Crippen LogP contribution in [0.1, 0.15) is 44.2 Å². The van der Waals surface area contributed by atoms with Gasteiger partial charge in [0.2, 0.25) is 0 Å². The van der Waals surface area contributed by atoms with E-state index in [9.17, 15) is 0 Å². The molecule has 0 spiro atoms. The molecule has 1 aliphatic rings. The summed E-state index contributed by atoms with van der Waals surface area (Å²) in [5.74, 6) is 2.53. The number of benzene rings is 3.